The van der Waals surface area contributed by atoms with Crippen molar-refractivity contribution in [2.45, 2.75) is 19.5 Å². The van der Waals surface area contributed by atoms with Gasteiger partial charge in [-0.1, -0.05) is 24.3 Å². The molecular weight excluding hydrogens is 293 g/mol. The van der Waals surface area contributed by atoms with E-state index in [1.54, 1.807) is 12.1 Å². The molecule has 0 aliphatic rings. The average Bonchev–Trinajstić information content (AvgIpc) is 2.54. The van der Waals surface area contributed by atoms with E-state index in [9.17, 15) is 9.18 Å². The van der Waals surface area contributed by atoms with Crippen LogP contribution in [0.15, 0.2) is 53.3 Å². The van der Waals surface area contributed by atoms with E-state index in [2.05, 4.69) is 9.97 Å². The van der Waals surface area contributed by atoms with Gasteiger partial charge in [0.2, 0.25) is 0 Å². The van der Waals surface area contributed by atoms with Crippen LogP contribution in [0.5, 0.6) is 0 Å². The third-order valence-corrected chi connectivity index (χ3v) is 4.01. The number of halogens is 1. The Balaban J connectivity index is 1.87. The smallest absolute Gasteiger partial charge is 0.258 e. The van der Waals surface area contributed by atoms with E-state index in [1.165, 1.54) is 12.1 Å². The molecule has 0 radical (unpaired) electrons. The summed E-state index contributed by atoms with van der Waals surface area (Å²) in [6.07, 6.45) is 0. The van der Waals surface area contributed by atoms with Gasteiger partial charge in [0.05, 0.1) is 16.9 Å². The van der Waals surface area contributed by atoms with E-state index in [0.717, 1.165) is 5.56 Å². The van der Waals surface area contributed by atoms with Gasteiger partial charge in [0.25, 0.3) is 5.56 Å². The number of rotatable bonds is 4. The number of nitrogens with zero attached hydrogens (tertiary/aromatic N) is 2. The van der Waals surface area contributed by atoms with Crippen LogP contribution in [0.25, 0.3) is 10.9 Å². The van der Waals surface area contributed by atoms with E-state index >= 15 is 0 Å². The molecule has 0 fully saturated rings. The topological polar surface area (TPSA) is 49.0 Å². The molecule has 2 aromatic carbocycles. The van der Waals surface area contributed by atoms with E-state index in [0.29, 0.717) is 23.3 Å². The highest BCUT2D eigenvalue weighted by Crippen LogP contribution is 2.18. The zero-order valence-electron chi connectivity index (χ0n) is 13.1. The molecule has 0 aliphatic carbocycles. The number of H-pyrrole nitrogens is 1. The second-order valence-electron chi connectivity index (χ2n) is 5.69. The predicted molar refractivity (Wildman–Crippen MR) is 88.6 cm³/mol. The Morgan fingerprint density at radius 2 is 2.00 bits per heavy atom. The molecule has 118 valence electrons. The lowest BCUT2D eigenvalue weighted by Crippen LogP contribution is -2.26. The SMILES string of the molecule is C[C@@H](c1nc2ccccc2c(=O)[nH]1)N(C)Cc1cccc(F)c1. The quantitative estimate of drug-likeness (QED) is 0.804. The van der Waals surface area contributed by atoms with Gasteiger partial charge in [-0.2, -0.15) is 0 Å². The Hall–Kier alpha value is -2.53. The van der Waals surface area contributed by atoms with Gasteiger partial charge in [-0.15, -0.1) is 0 Å². The molecule has 23 heavy (non-hydrogen) atoms. The molecular formula is C18H18FN3O. The van der Waals surface area contributed by atoms with Crippen molar-refractivity contribution in [1.29, 1.82) is 0 Å². The van der Waals surface area contributed by atoms with Crippen LogP contribution in [0, 0.1) is 5.82 Å². The van der Waals surface area contributed by atoms with Gasteiger partial charge in [0.15, 0.2) is 0 Å². The average molecular weight is 311 g/mol. The van der Waals surface area contributed by atoms with Crippen molar-refractivity contribution >= 4 is 10.9 Å². The highest BCUT2D eigenvalue weighted by Gasteiger charge is 2.16. The third kappa shape index (κ3) is 3.29. The van der Waals surface area contributed by atoms with E-state index < -0.39 is 0 Å². The summed E-state index contributed by atoms with van der Waals surface area (Å²) in [5, 5.41) is 0.580. The summed E-state index contributed by atoms with van der Waals surface area (Å²) in [7, 11) is 1.92. The monoisotopic (exact) mass is 311 g/mol. The molecule has 4 nitrogen and oxygen atoms in total. The Labute approximate surface area is 133 Å². The van der Waals surface area contributed by atoms with Gasteiger partial charge < -0.3 is 4.98 Å². The maximum absolute atomic E-state index is 13.3. The van der Waals surface area contributed by atoms with E-state index in [1.807, 2.05) is 43.1 Å². The van der Waals surface area contributed by atoms with Crippen LogP contribution in [0.4, 0.5) is 4.39 Å². The zero-order chi connectivity index (χ0) is 16.4. The van der Waals surface area contributed by atoms with Crippen LogP contribution in [-0.4, -0.2) is 21.9 Å². The highest BCUT2D eigenvalue weighted by molar-refractivity contribution is 5.77. The lowest BCUT2D eigenvalue weighted by Gasteiger charge is -2.24. The number of benzene rings is 2. The van der Waals surface area contributed by atoms with Crippen LogP contribution in [0.2, 0.25) is 0 Å². The van der Waals surface area contributed by atoms with Crippen molar-refractivity contribution in [3.63, 3.8) is 0 Å². The third-order valence-electron chi connectivity index (χ3n) is 4.01. The van der Waals surface area contributed by atoms with E-state index in [4.69, 9.17) is 0 Å². The molecule has 1 aromatic heterocycles. The molecule has 0 saturated carbocycles. The first-order valence-corrected chi connectivity index (χ1v) is 7.48. The summed E-state index contributed by atoms with van der Waals surface area (Å²) < 4.78 is 13.3. The largest absolute Gasteiger partial charge is 0.309 e. The lowest BCUT2D eigenvalue weighted by molar-refractivity contribution is 0.243. The van der Waals surface area contributed by atoms with Crippen molar-refractivity contribution in [2.75, 3.05) is 7.05 Å². The molecule has 0 amide bonds. The molecule has 0 saturated heterocycles. The Bertz CT molecular complexity index is 891. The normalized spacial score (nSPS) is 12.7. The second-order valence-corrected chi connectivity index (χ2v) is 5.69. The summed E-state index contributed by atoms with van der Waals surface area (Å²) >= 11 is 0. The molecule has 1 atom stereocenters. The minimum atomic E-state index is -0.249. The fourth-order valence-electron chi connectivity index (χ4n) is 2.57. The van der Waals surface area contributed by atoms with Crippen molar-refractivity contribution in [1.82, 2.24) is 14.9 Å². The van der Waals surface area contributed by atoms with Crippen LogP contribution < -0.4 is 5.56 Å². The first-order valence-electron chi connectivity index (χ1n) is 7.48. The van der Waals surface area contributed by atoms with Gasteiger partial charge in [-0.05, 0) is 43.8 Å². The number of aromatic nitrogens is 2. The molecule has 0 bridgehead atoms. The highest BCUT2D eigenvalue weighted by atomic mass is 19.1. The Morgan fingerprint density at radius 3 is 2.78 bits per heavy atom. The molecule has 0 aliphatic heterocycles. The van der Waals surface area contributed by atoms with Crippen molar-refractivity contribution in [2.24, 2.45) is 0 Å². The number of para-hydroxylation sites is 1. The molecule has 1 heterocycles. The second kappa shape index (κ2) is 6.30. The minimum Gasteiger partial charge on any atom is -0.309 e. The number of nitrogens with one attached hydrogen (secondary N) is 1. The molecule has 0 unspecified atom stereocenters. The summed E-state index contributed by atoms with van der Waals surface area (Å²) in [6.45, 7) is 2.53. The van der Waals surface area contributed by atoms with Crippen molar-refractivity contribution in [3.8, 4) is 0 Å². The standard InChI is InChI=1S/C18H18FN3O/c1-12(22(2)11-13-6-5-7-14(19)10-13)17-20-16-9-4-3-8-15(16)18(23)21-17/h3-10,12H,11H2,1-2H3,(H,20,21,23)/t12-/m0/s1. The van der Waals surface area contributed by atoms with Crippen LogP contribution in [0.3, 0.4) is 0 Å². The predicted octanol–water partition coefficient (Wildman–Crippen LogP) is 3.26. The van der Waals surface area contributed by atoms with Gasteiger partial charge in [-0.25, -0.2) is 9.37 Å². The maximum atomic E-state index is 13.3. The van der Waals surface area contributed by atoms with Crippen LogP contribution >= 0.6 is 0 Å². The summed E-state index contributed by atoms with van der Waals surface area (Å²) in [5.74, 6) is 0.355. The summed E-state index contributed by atoms with van der Waals surface area (Å²) in [6, 6.07) is 13.7. The van der Waals surface area contributed by atoms with Gasteiger partial charge in [0, 0.05) is 6.54 Å². The number of hydrogen-bond acceptors (Lipinski definition) is 3. The van der Waals surface area contributed by atoms with Crippen LogP contribution in [-0.2, 0) is 6.54 Å². The molecule has 3 rings (SSSR count). The number of aromatic amines is 1. The van der Waals surface area contributed by atoms with Gasteiger partial charge in [-0.3, -0.25) is 9.69 Å². The van der Waals surface area contributed by atoms with Gasteiger partial charge in [0.1, 0.15) is 11.6 Å². The fourth-order valence-corrected chi connectivity index (χ4v) is 2.57. The first-order chi connectivity index (χ1) is 11.0. The fraction of sp³-hybridized carbons (Fsp3) is 0.222. The molecule has 0 spiro atoms. The lowest BCUT2D eigenvalue weighted by atomic mass is 10.1. The minimum absolute atomic E-state index is 0.101. The number of fused-ring (bicyclic) bond motifs is 1. The summed E-state index contributed by atoms with van der Waals surface area (Å²) in [5.41, 5.74) is 1.41. The maximum Gasteiger partial charge on any atom is 0.258 e. The number of hydrogen-bond donors (Lipinski definition) is 1. The Morgan fingerprint density at radius 1 is 1.22 bits per heavy atom. The molecule has 5 heteroatoms. The Kier molecular flexibility index (Phi) is 4.21. The van der Waals surface area contributed by atoms with E-state index in [-0.39, 0.29) is 17.4 Å². The van der Waals surface area contributed by atoms with Gasteiger partial charge >= 0.3 is 0 Å². The van der Waals surface area contributed by atoms with Crippen molar-refractivity contribution in [3.05, 3.63) is 76.1 Å². The van der Waals surface area contributed by atoms with Crippen LogP contribution in [0.1, 0.15) is 24.4 Å². The first kappa shape index (κ1) is 15.4. The zero-order valence-corrected chi connectivity index (χ0v) is 13.1. The summed E-state index contributed by atoms with van der Waals surface area (Å²) in [4.78, 5) is 21.6. The molecule has 3 aromatic rings. The van der Waals surface area contributed by atoms with Crippen molar-refractivity contribution < 1.29 is 4.39 Å². The molecule has 1 N–H and O–H groups in total.